The Bertz CT molecular complexity index is 1420. The number of hydrogen-bond acceptors (Lipinski definition) is 7. The zero-order chi connectivity index (χ0) is 27.1. The third-order valence-electron chi connectivity index (χ3n) is 7.67. The first-order valence-electron chi connectivity index (χ1n) is 12.9. The van der Waals surface area contributed by atoms with Crippen LogP contribution in [-0.2, 0) is 26.3 Å². The van der Waals surface area contributed by atoms with E-state index in [1.165, 1.54) is 16.6 Å². The van der Waals surface area contributed by atoms with Crippen molar-refractivity contribution in [2.75, 3.05) is 6.61 Å². The maximum atomic E-state index is 14.8. The van der Waals surface area contributed by atoms with Crippen molar-refractivity contribution in [3.8, 4) is 5.75 Å². The fourth-order valence-corrected chi connectivity index (χ4v) is 5.47. The van der Waals surface area contributed by atoms with E-state index in [1.54, 1.807) is 32.3 Å². The molecule has 9 nitrogen and oxygen atoms in total. The molecule has 0 radical (unpaired) electrons. The highest BCUT2D eigenvalue weighted by atomic mass is 19.1. The van der Waals surface area contributed by atoms with Crippen LogP contribution in [0.15, 0.2) is 30.6 Å². The van der Waals surface area contributed by atoms with Crippen LogP contribution in [0.25, 0.3) is 10.6 Å². The van der Waals surface area contributed by atoms with E-state index >= 15 is 0 Å². The van der Waals surface area contributed by atoms with Gasteiger partial charge in [0.15, 0.2) is 17.2 Å². The van der Waals surface area contributed by atoms with E-state index in [4.69, 9.17) is 16.0 Å². The molecule has 1 saturated heterocycles. The lowest BCUT2D eigenvalue weighted by Gasteiger charge is -2.42. The van der Waals surface area contributed by atoms with Crippen LogP contribution < -0.4 is 4.74 Å². The van der Waals surface area contributed by atoms with Crippen molar-refractivity contribution < 1.29 is 23.5 Å². The first kappa shape index (κ1) is 25.8. The highest BCUT2D eigenvalue weighted by molar-refractivity contribution is 6.01. The molecule has 2 fully saturated rings. The van der Waals surface area contributed by atoms with Crippen LogP contribution in [0, 0.1) is 31.1 Å². The van der Waals surface area contributed by atoms with Gasteiger partial charge in [-0.1, -0.05) is 12.8 Å². The van der Waals surface area contributed by atoms with Crippen molar-refractivity contribution in [2.45, 2.75) is 70.4 Å². The van der Waals surface area contributed by atoms with Crippen molar-refractivity contribution in [1.29, 1.82) is 0 Å². The number of cyclic esters (lactones) is 1. The number of halogens is 1. The number of aryl methyl sites for hydroxylation is 1. The number of nitrogens with zero attached hydrogens (tertiary/aromatic N) is 5. The molecule has 0 bridgehead atoms. The third kappa shape index (κ3) is 4.85. The smallest absolute Gasteiger partial charge is 0.317 e. The van der Waals surface area contributed by atoms with E-state index in [2.05, 4.69) is 19.9 Å². The number of esters is 1. The minimum Gasteiger partial charge on any atom is -0.489 e. The molecule has 2 aliphatic rings. The fourth-order valence-electron chi connectivity index (χ4n) is 5.47. The van der Waals surface area contributed by atoms with E-state index in [0.717, 1.165) is 31.2 Å². The monoisotopic (exact) mass is 519 g/mol. The van der Waals surface area contributed by atoms with Crippen LogP contribution in [0.4, 0.5) is 4.39 Å². The van der Waals surface area contributed by atoms with Gasteiger partial charge in [-0.25, -0.2) is 20.5 Å². The van der Waals surface area contributed by atoms with Gasteiger partial charge in [-0.2, -0.15) is 4.98 Å². The Balaban J connectivity index is 1.34. The predicted octanol–water partition coefficient (Wildman–Crippen LogP) is 4.41. The normalized spacial score (nSPS) is 22.4. The summed E-state index contributed by atoms with van der Waals surface area (Å²) in [5.41, 5.74) is -0.929. The molecule has 2 unspecified atom stereocenters. The molecule has 2 aromatic heterocycles. The quantitative estimate of drug-likeness (QED) is 0.259. The second-order valence-electron chi connectivity index (χ2n) is 10.9. The SMILES string of the molecule is [C-]#[N+]C(C)(C)c1ccc(OCC2(C3CCCC3)CC(=O)C(Cc3nc4ncc(C)cn4n3)C(=O)O2)cc1F. The topological polar surface area (TPSA) is 100 Å². The largest absolute Gasteiger partial charge is 0.489 e. The van der Waals surface area contributed by atoms with Crippen molar-refractivity contribution in [1.82, 2.24) is 19.6 Å². The van der Waals surface area contributed by atoms with Gasteiger partial charge in [0.05, 0.1) is 12.0 Å². The summed E-state index contributed by atoms with van der Waals surface area (Å²) < 4.78 is 28.3. The number of carbonyl (C=O) groups excluding carboxylic acids is 2. The number of ketones is 1. The first-order valence-corrected chi connectivity index (χ1v) is 12.9. The van der Waals surface area contributed by atoms with Crippen LogP contribution in [-0.4, -0.2) is 43.5 Å². The summed E-state index contributed by atoms with van der Waals surface area (Å²) in [6, 6.07) is 4.38. The second kappa shape index (κ2) is 9.78. The van der Waals surface area contributed by atoms with Crippen molar-refractivity contribution in [2.24, 2.45) is 11.8 Å². The third-order valence-corrected chi connectivity index (χ3v) is 7.67. The average molecular weight is 520 g/mol. The number of Topliss-reactive ketones (excluding diaryl/α,β-unsaturated/α-hetero) is 1. The van der Waals surface area contributed by atoms with Gasteiger partial charge >= 0.3 is 5.97 Å². The van der Waals surface area contributed by atoms with E-state index in [0.29, 0.717) is 11.6 Å². The van der Waals surface area contributed by atoms with Crippen LogP contribution in [0.1, 0.15) is 62.9 Å². The first-order chi connectivity index (χ1) is 18.1. The number of rotatable bonds is 7. The molecule has 10 heteroatoms. The number of aromatic nitrogens is 4. The number of ether oxygens (including phenoxy) is 2. The summed E-state index contributed by atoms with van der Waals surface area (Å²) >= 11 is 0. The second-order valence-corrected chi connectivity index (χ2v) is 10.9. The molecule has 1 aromatic carbocycles. The lowest BCUT2D eigenvalue weighted by Crippen LogP contribution is -2.55. The molecule has 3 aromatic rings. The van der Waals surface area contributed by atoms with Crippen LogP contribution in [0.5, 0.6) is 5.75 Å². The van der Waals surface area contributed by atoms with Gasteiger partial charge in [-0.15, -0.1) is 5.10 Å². The Labute approximate surface area is 220 Å². The molecule has 2 atom stereocenters. The van der Waals surface area contributed by atoms with Crippen molar-refractivity contribution >= 4 is 17.5 Å². The molecule has 5 rings (SSSR count). The van der Waals surface area contributed by atoms with Gasteiger partial charge in [0.25, 0.3) is 11.3 Å². The van der Waals surface area contributed by atoms with Crippen LogP contribution in [0.2, 0.25) is 0 Å². The Morgan fingerprint density at radius 2 is 2.05 bits per heavy atom. The number of hydrogen-bond donors (Lipinski definition) is 0. The number of fused-ring (bicyclic) bond motifs is 1. The number of benzene rings is 1. The minimum atomic E-state index is -1.11. The van der Waals surface area contributed by atoms with Gasteiger partial charge < -0.3 is 14.3 Å². The van der Waals surface area contributed by atoms with Crippen molar-refractivity contribution in [3.05, 3.63) is 64.8 Å². The molecule has 1 aliphatic carbocycles. The zero-order valence-electron chi connectivity index (χ0n) is 21.7. The Morgan fingerprint density at radius 1 is 1.29 bits per heavy atom. The zero-order valence-corrected chi connectivity index (χ0v) is 21.7. The lowest BCUT2D eigenvalue weighted by atomic mass is 9.77. The molecule has 3 heterocycles. The van der Waals surface area contributed by atoms with Crippen LogP contribution in [0.3, 0.4) is 0 Å². The van der Waals surface area contributed by atoms with Crippen molar-refractivity contribution in [3.63, 3.8) is 0 Å². The maximum Gasteiger partial charge on any atom is 0.317 e. The Hall–Kier alpha value is -3.87. The summed E-state index contributed by atoms with van der Waals surface area (Å²) in [5.74, 6) is -1.42. The predicted molar refractivity (Wildman–Crippen MR) is 135 cm³/mol. The molecule has 1 saturated carbocycles. The van der Waals surface area contributed by atoms with Gasteiger partial charge in [0.2, 0.25) is 0 Å². The highest BCUT2D eigenvalue weighted by Gasteiger charge is 2.52. The molecule has 0 amide bonds. The summed E-state index contributed by atoms with van der Waals surface area (Å²) in [7, 11) is 0. The van der Waals surface area contributed by atoms with E-state index < -0.39 is 28.8 Å². The molecular formula is C28H30FN5O4. The fraction of sp³-hybridized carbons (Fsp3) is 0.500. The van der Waals surface area contributed by atoms with Gasteiger partial charge in [0, 0.05) is 44.6 Å². The minimum absolute atomic E-state index is 0.0180. The number of carbonyl (C=O) groups is 2. The molecule has 38 heavy (non-hydrogen) atoms. The van der Waals surface area contributed by atoms with Gasteiger partial charge in [-0.05, 0) is 37.5 Å². The van der Waals surface area contributed by atoms with E-state index in [-0.39, 0.29) is 42.5 Å². The standard InChI is InChI=1S/C28H30FN5O4/c1-17-14-31-26-32-24(33-34(26)15-17)12-20-23(35)13-28(38-25(20)36,18-7-5-6-8-18)16-37-19-9-10-21(22(29)11-19)27(2,3)30-4/h9-11,14-15,18,20H,5-8,12-13,16H2,1-3H3. The van der Waals surface area contributed by atoms with E-state index in [1.807, 2.05) is 6.92 Å². The Kier molecular flexibility index (Phi) is 6.63. The molecule has 198 valence electrons. The van der Waals surface area contributed by atoms with Crippen LogP contribution >= 0.6 is 0 Å². The Morgan fingerprint density at radius 3 is 2.74 bits per heavy atom. The van der Waals surface area contributed by atoms with Gasteiger partial charge in [0.1, 0.15) is 24.1 Å². The summed E-state index contributed by atoms with van der Waals surface area (Å²) in [5, 5.41) is 4.37. The highest BCUT2D eigenvalue weighted by Crippen LogP contribution is 2.43. The maximum absolute atomic E-state index is 14.8. The molecule has 1 aliphatic heterocycles. The van der Waals surface area contributed by atoms with E-state index in [9.17, 15) is 14.0 Å². The average Bonchev–Trinajstić information content (AvgIpc) is 3.55. The summed E-state index contributed by atoms with van der Waals surface area (Å²) in [6.07, 6.45) is 7.10. The lowest BCUT2D eigenvalue weighted by molar-refractivity contribution is -0.189. The molecular weight excluding hydrogens is 489 g/mol. The summed E-state index contributed by atoms with van der Waals surface area (Å²) in [6.45, 7) is 12.5. The van der Waals surface area contributed by atoms with Gasteiger partial charge in [-0.3, -0.25) is 9.59 Å². The molecule has 0 spiro atoms. The molecule has 0 N–H and O–H groups in total. The summed E-state index contributed by atoms with van der Waals surface area (Å²) in [4.78, 5) is 38.7.